The Morgan fingerprint density at radius 3 is 1.65 bits per heavy atom. The number of aryl methyl sites for hydroxylation is 2. The Balaban J connectivity index is 2.28. The van der Waals surface area contributed by atoms with Crippen LogP contribution in [0.3, 0.4) is 0 Å². The van der Waals surface area contributed by atoms with Gasteiger partial charge in [-0.25, -0.2) is 0 Å². The first kappa shape index (κ1) is 16.9. The molecule has 2 heterocycles. The molecule has 2 aromatic rings. The molecule has 2 N–H and O–H groups in total. The molecule has 23 heavy (non-hydrogen) atoms. The lowest BCUT2D eigenvalue weighted by Gasteiger charge is -2.23. The van der Waals surface area contributed by atoms with Crippen molar-refractivity contribution in [1.82, 2.24) is 0 Å². The van der Waals surface area contributed by atoms with E-state index in [0.29, 0.717) is 24.4 Å². The quantitative estimate of drug-likeness (QED) is 0.774. The predicted octanol–water partition coefficient (Wildman–Crippen LogP) is 3.23. The number of furan rings is 2. The molecule has 2 rings (SSSR count). The molecule has 0 fully saturated rings. The van der Waals surface area contributed by atoms with E-state index in [1.165, 1.54) is 12.5 Å². The zero-order valence-corrected chi connectivity index (χ0v) is 13.2. The molecule has 0 amide bonds. The van der Waals surface area contributed by atoms with Crippen LogP contribution in [0.2, 0.25) is 0 Å². The summed E-state index contributed by atoms with van der Waals surface area (Å²) in [6, 6.07) is 3.53. The van der Waals surface area contributed by atoms with Crippen LogP contribution < -0.4 is 0 Å². The molecule has 6 nitrogen and oxygen atoms in total. The third-order valence-electron chi connectivity index (χ3n) is 3.85. The summed E-state index contributed by atoms with van der Waals surface area (Å²) >= 11 is 0. The third kappa shape index (κ3) is 3.83. The Labute approximate surface area is 133 Å². The van der Waals surface area contributed by atoms with Gasteiger partial charge in [-0.3, -0.25) is 9.59 Å². The van der Waals surface area contributed by atoms with Crippen molar-refractivity contribution in [3.8, 4) is 0 Å². The van der Waals surface area contributed by atoms with Crippen molar-refractivity contribution in [2.75, 3.05) is 0 Å². The van der Waals surface area contributed by atoms with Crippen molar-refractivity contribution in [2.45, 2.75) is 44.9 Å². The molecule has 0 aromatic carbocycles. The number of carbonyl (C=O) groups is 2. The lowest BCUT2D eigenvalue weighted by molar-refractivity contribution is -0.138. The Hall–Kier alpha value is -2.50. The average molecular weight is 320 g/mol. The first-order chi connectivity index (χ1) is 10.8. The minimum atomic E-state index is -0.866. The molecule has 0 aliphatic heterocycles. The van der Waals surface area contributed by atoms with Gasteiger partial charge in [-0.05, 0) is 49.9 Å². The summed E-state index contributed by atoms with van der Waals surface area (Å²) in [7, 11) is 0. The van der Waals surface area contributed by atoms with Crippen LogP contribution in [0, 0.1) is 0 Å². The van der Waals surface area contributed by atoms with Crippen LogP contribution in [-0.2, 0) is 27.8 Å². The van der Waals surface area contributed by atoms with Crippen LogP contribution >= 0.6 is 0 Å². The van der Waals surface area contributed by atoms with Crippen molar-refractivity contribution in [2.24, 2.45) is 0 Å². The molecule has 0 saturated heterocycles. The molecule has 6 heteroatoms. The summed E-state index contributed by atoms with van der Waals surface area (Å²) in [5, 5.41) is 17.7. The largest absolute Gasteiger partial charge is 0.481 e. The third-order valence-corrected chi connectivity index (χ3v) is 3.85. The van der Waals surface area contributed by atoms with E-state index >= 15 is 0 Å². The van der Waals surface area contributed by atoms with E-state index in [9.17, 15) is 9.59 Å². The Morgan fingerprint density at radius 2 is 1.30 bits per heavy atom. The predicted molar refractivity (Wildman–Crippen MR) is 81.5 cm³/mol. The Kier molecular flexibility index (Phi) is 4.93. The second-order valence-corrected chi connectivity index (χ2v) is 5.96. The van der Waals surface area contributed by atoms with E-state index in [-0.39, 0.29) is 12.8 Å². The summed E-state index contributed by atoms with van der Waals surface area (Å²) in [4.78, 5) is 21.6. The van der Waals surface area contributed by atoms with Gasteiger partial charge in [0, 0.05) is 12.8 Å². The highest BCUT2D eigenvalue weighted by Crippen LogP contribution is 2.37. The molecule has 0 aliphatic carbocycles. The van der Waals surface area contributed by atoms with Crippen molar-refractivity contribution in [3.05, 3.63) is 47.3 Å². The van der Waals surface area contributed by atoms with Crippen LogP contribution in [0.25, 0.3) is 0 Å². The van der Waals surface area contributed by atoms with E-state index in [0.717, 1.165) is 11.1 Å². The van der Waals surface area contributed by atoms with Crippen LogP contribution in [0.1, 0.15) is 49.3 Å². The molecule has 0 saturated carbocycles. The molecular formula is C17H20O6. The van der Waals surface area contributed by atoms with Gasteiger partial charge in [0.05, 0.1) is 17.9 Å². The molecule has 0 unspecified atom stereocenters. The summed E-state index contributed by atoms with van der Waals surface area (Å²) in [6.07, 6.45) is 3.85. The monoisotopic (exact) mass is 320 g/mol. The molecule has 124 valence electrons. The van der Waals surface area contributed by atoms with E-state index in [1.807, 2.05) is 13.8 Å². The minimum Gasteiger partial charge on any atom is -0.481 e. The van der Waals surface area contributed by atoms with Crippen LogP contribution in [0.5, 0.6) is 0 Å². The average Bonchev–Trinajstić information content (AvgIpc) is 3.12. The maximum absolute atomic E-state index is 10.8. The van der Waals surface area contributed by atoms with Gasteiger partial charge < -0.3 is 19.0 Å². The number of carboxylic acid groups (broad SMARTS) is 2. The second-order valence-electron chi connectivity index (χ2n) is 5.96. The zero-order chi connectivity index (χ0) is 17.0. The number of rotatable bonds is 8. The minimum absolute atomic E-state index is 0.0205. The van der Waals surface area contributed by atoms with Crippen molar-refractivity contribution >= 4 is 11.9 Å². The summed E-state index contributed by atoms with van der Waals surface area (Å²) in [5.41, 5.74) is 1.02. The Bertz CT molecular complexity index is 633. The summed E-state index contributed by atoms with van der Waals surface area (Å²) in [5.74, 6) is -0.444. The standard InChI is InChI=1S/C17H20O6/c1-17(2,15-11(7-9-22-15)3-5-13(18)19)16-12(8-10-23-16)4-6-14(20)21/h7-10H,3-6H2,1-2H3,(H,18,19)(H,20,21). The zero-order valence-electron chi connectivity index (χ0n) is 13.2. The number of hydrogen-bond donors (Lipinski definition) is 2. The topological polar surface area (TPSA) is 101 Å². The van der Waals surface area contributed by atoms with E-state index < -0.39 is 17.4 Å². The van der Waals surface area contributed by atoms with Gasteiger partial charge in [0.15, 0.2) is 0 Å². The smallest absolute Gasteiger partial charge is 0.303 e. The molecule has 0 aliphatic rings. The van der Waals surface area contributed by atoms with Gasteiger partial charge in [0.25, 0.3) is 0 Å². The molecule has 0 bridgehead atoms. The highest BCUT2D eigenvalue weighted by molar-refractivity contribution is 5.67. The maximum Gasteiger partial charge on any atom is 0.303 e. The summed E-state index contributed by atoms with van der Waals surface area (Å²) < 4.78 is 11.2. The fraction of sp³-hybridized carbons (Fsp3) is 0.412. The molecule has 2 aromatic heterocycles. The summed E-state index contributed by atoms with van der Waals surface area (Å²) in [6.45, 7) is 3.83. The number of aliphatic carboxylic acids is 2. The highest BCUT2D eigenvalue weighted by atomic mass is 16.4. The molecule has 0 atom stereocenters. The molecule has 0 radical (unpaired) electrons. The highest BCUT2D eigenvalue weighted by Gasteiger charge is 2.34. The van der Waals surface area contributed by atoms with Crippen molar-refractivity contribution in [1.29, 1.82) is 0 Å². The lowest BCUT2D eigenvalue weighted by Crippen LogP contribution is -2.21. The van der Waals surface area contributed by atoms with Crippen molar-refractivity contribution in [3.63, 3.8) is 0 Å². The fourth-order valence-corrected chi connectivity index (χ4v) is 2.75. The van der Waals surface area contributed by atoms with Gasteiger partial charge >= 0.3 is 11.9 Å². The van der Waals surface area contributed by atoms with Gasteiger partial charge in [-0.2, -0.15) is 0 Å². The molecule has 0 spiro atoms. The van der Waals surface area contributed by atoms with Crippen LogP contribution in [0.15, 0.2) is 33.5 Å². The van der Waals surface area contributed by atoms with Gasteiger partial charge in [-0.15, -0.1) is 0 Å². The van der Waals surface area contributed by atoms with Gasteiger partial charge in [0.1, 0.15) is 11.5 Å². The lowest BCUT2D eigenvalue weighted by atomic mass is 9.82. The van der Waals surface area contributed by atoms with Crippen molar-refractivity contribution < 1.29 is 28.6 Å². The molecular weight excluding hydrogens is 300 g/mol. The van der Waals surface area contributed by atoms with E-state index in [4.69, 9.17) is 19.0 Å². The van der Waals surface area contributed by atoms with E-state index in [1.54, 1.807) is 12.1 Å². The number of carboxylic acids is 2. The Morgan fingerprint density at radius 1 is 0.913 bits per heavy atom. The number of hydrogen-bond acceptors (Lipinski definition) is 4. The second kappa shape index (κ2) is 6.73. The first-order valence-electron chi connectivity index (χ1n) is 7.39. The first-order valence-corrected chi connectivity index (χ1v) is 7.39. The van der Waals surface area contributed by atoms with Gasteiger partial charge in [0.2, 0.25) is 0 Å². The van der Waals surface area contributed by atoms with E-state index in [2.05, 4.69) is 0 Å². The van der Waals surface area contributed by atoms with Crippen LogP contribution in [0.4, 0.5) is 0 Å². The normalized spacial score (nSPS) is 11.6. The fourth-order valence-electron chi connectivity index (χ4n) is 2.75. The van der Waals surface area contributed by atoms with Gasteiger partial charge in [-0.1, -0.05) is 0 Å². The maximum atomic E-state index is 10.8. The SMILES string of the molecule is CC(C)(c1occc1CCC(=O)O)c1occc1CCC(=O)O. The van der Waals surface area contributed by atoms with Crippen LogP contribution in [-0.4, -0.2) is 22.2 Å².